The van der Waals surface area contributed by atoms with E-state index in [9.17, 15) is 9.18 Å². The average molecular weight is 253 g/mol. The Kier molecular flexibility index (Phi) is 4.12. The predicted octanol–water partition coefficient (Wildman–Crippen LogP) is 2.38. The second-order valence-corrected chi connectivity index (χ2v) is 5.31. The number of esters is 1. The molecular weight excluding hydrogens is 233 g/mol. The lowest BCUT2D eigenvalue weighted by molar-refractivity contribution is -0.142. The third-order valence-electron chi connectivity index (χ3n) is 3.63. The molecule has 0 aliphatic heterocycles. The topological polar surface area (TPSA) is 52.3 Å². The highest BCUT2D eigenvalue weighted by molar-refractivity contribution is 5.71. The van der Waals surface area contributed by atoms with Gasteiger partial charge in [-0.1, -0.05) is 19.1 Å². The van der Waals surface area contributed by atoms with Gasteiger partial charge >= 0.3 is 5.97 Å². The van der Waals surface area contributed by atoms with Crippen molar-refractivity contribution in [2.75, 3.05) is 7.11 Å². The zero-order valence-corrected chi connectivity index (χ0v) is 11.3. The lowest BCUT2D eigenvalue weighted by Crippen LogP contribution is -2.53. The van der Waals surface area contributed by atoms with E-state index in [0.29, 0.717) is 0 Å². The molecule has 0 aliphatic rings. The number of halogens is 1. The van der Waals surface area contributed by atoms with Gasteiger partial charge in [0.2, 0.25) is 0 Å². The first kappa shape index (κ1) is 14.6. The van der Waals surface area contributed by atoms with Crippen LogP contribution in [0, 0.1) is 5.82 Å². The summed E-state index contributed by atoms with van der Waals surface area (Å²) in [5, 5.41) is 0. The van der Waals surface area contributed by atoms with Crippen LogP contribution in [0.2, 0.25) is 0 Å². The lowest BCUT2D eigenvalue weighted by atomic mass is 9.66. The summed E-state index contributed by atoms with van der Waals surface area (Å²) in [6.07, 6.45) is 0.151. The van der Waals surface area contributed by atoms with E-state index in [1.807, 2.05) is 20.8 Å². The Morgan fingerprint density at radius 2 is 1.78 bits per heavy atom. The van der Waals surface area contributed by atoms with Crippen molar-refractivity contribution in [3.63, 3.8) is 0 Å². The zero-order chi connectivity index (χ0) is 14.0. The van der Waals surface area contributed by atoms with Crippen LogP contribution in [0.1, 0.15) is 32.8 Å². The predicted molar refractivity (Wildman–Crippen MR) is 68.7 cm³/mol. The van der Waals surface area contributed by atoms with Gasteiger partial charge < -0.3 is 10.5 Å². The zero-order valence-electron chi connectivity index (χ0n) is 11.3. The van der Waals surface area contributed by atoms with Gasteiger partial charge in [0.25, 0.3) is 0 Å². The minimum absolute atomic E-state index is 0.151. The molecular formula is C14H20FNO2. The summed E-state index contributed by atoms with van der Waals surface area (Å²) in [7, 11) is 1.34. The Bertz CT molecular complexity index is 422. The highest BCUT2D eigenvalue weighted by Crippen LogP contribution is 2.37. The van der Waals surface area contributed by atoms with E-state index in [4.69, 9.17) is 10.5 Å². The van der Waals surface area contributed by atoms with E-state index in [-0.39, 0.29) is 18.2 Å². The van der Waals surface area contributed by atoms with Gasteiger partial charge in [0, 0.05) is 11.0 Å². The van der Waals surface area contributed by atoms with E-state index >= 15 is 0 Å². The molecule has 3 nitrogen and oxygen atoms in total. The molecule has 2 N–H and O–H groups in total. The smallest absolute Gasteiger partial charge is 0.306 e. The average Bonchev–Trinajstić information content (AvgIpc) is 2.28. The molecule has 1 unspecified atom stereocenters. The number of nitrogens with two attached hydrogens (primary N) is 1. The van der Waals surface area contributed by atoms with Crippen LogP contribution in [0.4, 0.5) is 4.39 Å². The van der Waals surface area contributed by atoms with Crippen molar-refractivity contribution in [1.29, 1.82) is 0 Å². The van der Waals surface area contributed by atoms with Gasteiger partial charge in [0.05, 0.1) is 13.5 Å². The van der Waals surface area contributed by atoms with Crippen molar-refractivity contribution in [3.8, 4) is 0 Å². The summed E-state index contributed by atoms with van der Waals surface area (Å²) in [4.78, 5) is 11.6. The summed E-state index contributed by atoms with van der Waals surface area (Å²) >= 11 is 0. The number of ether oxygens (including phenoxy) is 1. The first-order valence-electron chi connectivity index (χ1n) is 5.82. The van der Waals surface area contributed by atoms with Crippen LogP contribution in [-0.4, -0.2) is 18.6 Å². The first-order chi connectivity index (χ1) is 8.20. The molecule has 0 radical (unpaired) electrons. The van der Waals surface area contributed by atoms with Crippen LogP contribution >= 0.6 is 0 Å². The molecule has 18 heavy (non-hydrogen) atoms. The maximum atomic E-state index is 13.0. The SMILES string of the molecule is COC(=O)CC(C)(c1ccc(F)cc1)C(C)(C)N. The normalized spacial score (nSPS) is 15.0. The van der Waals surface area contributed by atoms with Gasteiger partial charge in [-0.15, -0.1) is 0 Å². The van der Waals surface area contributed by atoms with Crippen LogP contribution in [0.15, 0.2) is 24.3 Å². The Labute approximate surface area is 107 Å². The summed E-state index contributed by atoms with van der Waals surface area (Å²) in [6.45, 7) is 5.58. The Morgan fingerprint density at radius 1 is 1.28 bits per heavy atom. The molecule has 1 atom stereocenters. The molecule has 0 amide bonds. The molecule has 0 saturated heterocycles. The summed E-state index contributed by atoms with van der Waals surface area (Å²) in [6, 6.07) is 6.06. The quantitative estimate of drug-likeness (QED) is 0.838. The number of methoxy groups -OCH3 is 1. The Morgan fingerprint density at radius 3 is 2.17 bits per heavy atom. The van der Waals surface area contributed by atoms with E-state index < -0.39 is 11.0 Å². The Balaban J connectivity index is 3.20. The highest BCUT2D eigenvalue weighted by atomic mass is 19.1. The van der Waals surface area contributed by atoms with E-state index in [1.165, 1.54) is 19.2 Å². The molecule has 0 fully saturated rings. The van der Waals surface area contributed by atoms with Crippen LogP contribution < -0.4 is 5.73 Å². The van der Waals surface area contributed by atoms with Crippen molar-refractivity contribution in [3.05, 3.63) is 35.6 Å². The molecule has 0 aliphatic carbocycles. The number of hydrogen-bond donors (Lipinski definition) is 1. The maximum Gasteiger partial charge on any atom is 0.306 e. The van der Waals surface area contributed by atoms with Gasteiger partial charge in [0.15, 0.2) is 0 Å². The van der Waals surface area contributed by atoms with Crippen molar-refractivity contribution >= 4 is 5.97 Å². The maximum absolute atomic E-state index is 13.0. The minimum atomic E-state index is -0.640. The van der Waals surface area contributed by atoms with E-state index in [1.54, 1.807) is 12.1 Å². The lowest BCUT2D eigenvalue weighted by Gasteiger charge is -2.41. The number of rotatable bonds is 4. The van der Waals surface area contributed by atoms with Gasteiger partial charge in [0.1, 0.15) is 5.82 Å². The van der Waals surface area contributed by atoms with Crippen LogP contribution in [0.25, 0.3) is 0 Å². The van der Waals surface area contributed by atoms with Crippen molar-refractivity contribution in [2.45, 2.75) is 38.1 Å². The summed E-state index contributed by atoms with van der Waals surface area (Å²) in [5.74, 6) is -0.644. The van der Waals surface area contributed by atoms with Gasteiger partial charge in [-0.3, -0.25) is 4.79 Å². The molecule has 1 rings (SSSR count). The van der Waals surface area contributed by atoms with E-state index in [0.717, 1.165) is 5.56 Å². The molecule has 0 aromatic heterocycles. The molecule has 1 aromatic rings. The fourth-order valence-corrected chi connectivity index (χ4v) is 1.88. The monoisotopic (exact) mass is 253 g/mol. The minimum Gasteiger partial charge on any atom is -0.469 e. The standard InChI is InChI=1S/C14H20FNO2/c1-13(2,16)14(3,9-12(17)18-4)10-5-7-11(15)8-6-10/h5-8H,9,16H2,1-4H3. The number of carbonyl (C=O) groups is 1. The Hall–Kier alpha value is -1.42. The summed E-state index contributed by atoms with van der Waals surface area (Å²) in [5.41, 5.74) is 5.75. The fraction of sp³-hybridized carbons (Fsp3) is 0.500. The largest absolute Gasteiger partial charge is 0.469 e. The molecule has 1 aromatic carbocycles. The molecule has 0 saturated carbocycles. The van der Waals surface area contributed by atoms with Crippen molar-refractivity contribution in [1.82, 2.24) is 0 Å². The highest BCUT2D eigenvalue weighted by Gasteiger charge is 2.41. The van der Waals surface area contributed by atoms with E-state index in [2.05, 4.69) is 0 Å². The van der Waals surface area contributed by atoms with Crippen molar-refractivity contribution in [2.24, 2.45) is 5.73 Å². The number of carbonyl (C=O) groups excluding carboxylic acids is 1. The van der Waals surface area contributed by atoms with Gasteiger partial charge in [-0.2, -0.15) is 0 Å². The third kappa shape index (κ3) is 2.88. The third-order valence-corrected chi connectivity index (χ3v) is 3.63. The van der Waals surface area contributed by atoms with Crippen LogP contribution in [0.5, 0.6) is 0 Å². The van der Waals surface area contributed by atoms with Gasteiger partial charge in [-0.25, -0.2) is 4.39 Å². The number of benzene rings is 1. The first-order valence-corrected chi connectivity index (χ1v) is 5.82. The molecule has 4 heteroatoms. The van der Waals surface area contributed by atoms with Gasteiger partial charge in [-0.05, 0) is 31.5 Å². The second-order valence-electron chi connectivity index (χ2n) is 5.31. The fourth-order valence-electron chi connectivity index (χ4n) is 1.88. The van der Waals surface area contributed by atoms with Crippen LogP contribution in [0.3, 0.4) is 0 Å². The molecule has 0 heterocycles. The second kappa shape index (κ2) is 5.06. The molecule has 0 bridgehead atoms. The number of hydrogen-bond acceptors (Lipinski definition) is 3. The summed E-state index contributed by atoms with van der Waals surface area (Å²) < 4.78 is 17.7. The van der Waals surface area contributed by atoms with Crippen LogP contribution in [-0.2, 0) is 14.9 Å². The van der Waals surface area contributed by atoms with Crippen molar-refractivity contribution < 1.29 is 13.9 Å². The molecule has 0 spiro atoms. The molecule has 100 valence electrons.